The molecule has 7 nitrogen and oxygen atoms in total. The average Bonchev–Trinajstić information content (AvgIpc) is 3.06. The number of aromatic nitrogens is 2. The lowest BCUT2D eigenvalue weighted by molar-refractivity contribution is -0.116. The van der Waals surface area contributed by atoms with Crippen molar-refractivity contribution in [2.24, 2.45) is 5.92 Å². The molecule has 2 N–H and O–H groups in total. The van der Waals surface area contributed by atoms with Gasteiger partial charge < -0.3 is 19.9 Å². The van der Waals surface area contributed by atoms with Gasteiger partial charge in [0.1, 0.15) is 5.75 Å². The topological polar surface area (TPSA) is 89.3 Å². The minimum absolute atomic E-state index is 0. The third-order valence-corrected chi connectivity index (χ3v) is 4.31. The molecule has 1 aromatic heterocycles. The summed E-state index contributed by atoms with van der Waals surface area (Å²) in [5.74, 6) is 2.44. The molecule has 1 fully saturated rings. The fourth-order valence-electron chi connectivity index (χ4n) is 2.91. The molecule has 2 aromatic rings. The van der Waals surface area contributed by atoms with Crippen LogP contribution in [0.1, 0.15) is 37.4 Å². The monoisotopic (exact) mass is 380 g/mol. The van der Waals surface area contributed by atoms with Crippen molar-refractivity contribution in [2.75, 3.05) is 18.4 Å². The molecule has 0 bridgehead atoms. The molecule has 0 saturated carbocycles. The van der Waals surface area contributed by atoms with Crippen molar-refractivity contribution < 1.29 is 14.1 Å². The van der Waals surface area contributed by atoms with Gasteiger partial charge in [-0.15, -0.1) is 12.4 Å². The summed E-state index contributed by atoms with van der Waals surface area (Å²) in [5, 5.41) is 10.1. The summed E-state index contributed by atoms with van der Waals surface area (Å²) in [6.07, 6.45) is 3.86. The number of aryl methyl sites for hydroxylation is 1. The molecule has 0 aliphatic carbocycles. The number of carbonyl (C=O) groups excluding carboxylic acids is 1. The van der Waals surface area contributed by atoms with Crippen molar-refractivity contribution in [3.05, 3.63) is 36.0 Å². The fraction of sp³-hybridized carbons (Fsp3) is 0.500. The van der Waals surface area contributed by atoms with Crippen LogP contribution < -0.4 is 15.4 Å². The first-order valence-electron chi connectivity index (χ1n) is 8.71. The molecule has 0 unspecified atom stereocenters. The Morgan fingerprint density at radius 3 is 2.69 bits per heavy atom. The van der Waals surface area contributed by atoms with Crippen LogP contribution in [0.25, 0.3) is 0 Å². The minimum Gasteiger partial charge on any atom is -0.485 e. The van der Waals surface area contributed by atoms with E-state index in [1.165, 1.54) is 12.8 Å². The highest BCUT2D eigenvalue weighted by Gasteiger charge is 2.14. The van der Waals surface area contributed by atoms with E-state index in [1.54, 1.807) is 6.92 Å². The normalized spacial score (nSPS) is 14.5. The van der Waals surface area contributed by atoms with Crippen LogP contribution in [0, 0.1) is 12.8 Å². The summed E-state index contributed by atoms with van der Waals surface area (Å²) in [7, 11) is 0. The second-order valence-corrected chi connectivity index (χ2v) is 6.32. The molecular weight excluding hydrogens is 356 g/mol. The first kappa shape index (κ1) is 20.2. The van der Waals surface area contributed by atoms with Crippen LogP contribution in [0.5, 0.6) is 5.75 Å². The third kappa shape index (κ3) is 6.31. The number of piperidine rings is 1. The summed E-state index contributed by atoms with van der Waals surface area (Å²) in [4.78, 5) is 16.1. The number of ether oxygens (including phenoxy) is 1. The standard InChI is InChI=1S/C18H24N4O3.ClH/c1-13-20-17(22-25-13)12-24-16-5-3-15(4-6-16)21-18(23)7-2-14-8-10-19-11-9-14;/h3-6,14,19H,2,7-12H2,1H3,(H,21,23);1H. The Morgan fingerprint density at radius 1 is 1.31 bits per heavy atom. The van der Waals surface area contributed by atoms with Crippen LogP contribution in [0.4, 0.5) is 5.69 Å². The zero-order valence-corrected chi connectivity index (χ0v) is 15.7. The maximum absolute atomic E-state index is 12.1. The quantitative estimate of drug-likeness (QED) is 0.767. The highest BCUT2D eigenvalue weighted by atomic mass is 35.5. The number of nitrogens with one attached hydrogen (secondary N) is 2. The number of halogens is 1. The number of nitrogens with zero attached hydrogens (tertiary/aromatic N) is 2. The molecule has 1 saturated heterocycles. The summed E-state index contributed by atoms with van der Waals surface area (Å²) >= 11 is 0. The molecule has 1 amide bonds. The number of carbonyl (C=O) groups is 1. The van der Waals surface area contributed by atoms with E-state index in [4.69, 9.17) is 9.26 Å². The molecular formula is C18H25ClN4O3. The van der Waals surface area contributed by atoms with Crippen molar-refractivity contribution in [1.29, 1.82) is 0 Å². The van der Waals surface area contributed by atoms with Gasteiger partial charge in [0.05, 0.1) is 0 Å². The van der Waals surface area contributed by atoms with Crippen LogP contribution in [0.3, 0.4) is 0 Å². The zero-order chi connectivity index (χ0) is 17.5. The van der Waals surface area contributed by atoms with Crippen LogP contribution >= 0.6 is 12.4 Å². The van der Waals surface area contributed by atoms with Crippen molar-refractivity contribution in [3.8, 4) is 5.75 Å². The van der Waals surface area contributed by atoms with Gasteiger partial charge in [-0.1, -0.05) is 5.16 Å². The Balaban J connectivity index is 0.00000243. The number of hydrogen-bond donors (Lipinski definition) is 2. The molecule has 1 aliphatic heterocycles. The van der Waals surface area contributed by atoms with Crippen LogP contribution in [0.15, 0.2) is 28.8 Å². The number of benzene rings is 1. The van der Waals surface area contributed by atoms with Gasteiger partial charge in [-0.25, -0.2) is 0 Å². The maximum atomic E-state index is 12.1. The van der Waals surface area contributed by atoms with Gasteiger partial charge in [0.15, 0.2) is 6.61 Å². The van der Waals surface area contributed by atoms with Gasteiger partial charge in [0.2, 0.25) is 17.6 Å². The van der Waals surface area contributed by atoms with Crippen molar-refractivity contribution in [3.63, 3.8) is 0 Å². The number of hydrogen-bond acceptors (Lipinski definition) is 6. The van der Waals surface area contributed by atoms with Crippen molar-refractivity contribution >= 4 is 24.0 Å². The van der Waals surface area contributed by atoms with Crippen molar-refractivity contribution in [1.82, 2.24) is 15.5 Å². The third-order valence-electron chi connectivity index (χ3n) is 4.31. The maximum Gasteiger partial charge on any atom is 0.224 e. The van der Waals surface area contributed by atoms with Crippen LogP contribution in [0.2, 0.25) is 0 Å². The lowest BCUT2D eigenvalue weighted by atomic mass is 9.93. The molecule has 1 aromatic carbocycles. The Kier molecular flexibility index (Phi) is 7.87. The summed E-state index contributed by atoms with van der Waals surface area (Å²) in [5.41, 5.74) is 0.776. The fourth-order valence-corrected chi connectivity index (χ4v) is 2.91. The van der Waals surface area contributed by atoms with Crippen molar-refractivity contribution in [2.45, 2.75) is 39.2 Å². The Bertz CT molecular complexity index is 684. The molecule has 2 heterocycles. The lowest BCUT2D eigenvalue weighted by Crippen LogP contribution is -2.28. The van der Waals surface area contributed by atoms with Gasteiger partial charge in [0.25, 0.3) is 0 Å². The van der Waals surface area contributed by atoms with Crippen LogP contribution in [-0.4, -0.2) is 29.1 Å². The first-order chi connectivity index (χ1) is 12.2. The Hall–Kier alpha value is -2.12. The predicted molar refractivity (Wildman–Crippen MR) is 101 cm³/mol. The molecule has 3 rings (SSSR count). The molecule has 1 aliphatic rings. The van der Waals surface area contributed by atoms with E-state index < -0.39 is 0 Å². The van der Waals surface area contributed by atoms with E-state index in [9.17, 15) is 4.79 Å². The van der Waals surface area contributed by atoms with Gasteiger partial charge in [0, 0.05) is 19.0 Å². The van der Waals surface area contributed by atoms with E-state index in [-0.39, 0.29) is 24.9 Å². The number of rotatable bonds is 7. The predicted octanol–water partition coefficient (Wildman–Crippen LogP) is 3.10. The smallest absolute Gasteiger partial charge is 0.224 e. The van der Waals surface area contributed by atoms with E-state index in [2.05, 4.69) is 20.8 Å². The highest BCUT2D eigenvalue weighted by Crippen LogP contribution is 2.20. The zero-order valence-electron chi connectivity index (χ0n) is 14.9. The Labute approximate surface area is 159 Å². The molecule has 0 spiro atoms. The van der Waals surface area contributed by atoms with Gasteiger partial charge in [-0.2, -0.15) is 4.98 Å². The average molecular weight is 381 g/mol. The van der Waals surface area contributed by atoms with E-state index in [0.717, 1.165) is 25.2 Å². The summed E-state index contributed by atoms with van der Waals surface area (Å²) < 4.78 is 10.5. The first-order valence-corrected chi connectivity index (χ1v) is 8.71. The number of amides is 1. The van der Waals surface area contributed by atoms with Gasteiger partial charge in [-0.05, 0) is 62.5 Å². The molecule has 142 valence electrons. The van der Waals surface area contributed by atoms with Gasteiger partial charge in [-0.3, -0.25) is 4.79 Å². The van der Waals surface area contributed by atoms with E-state index in [0.29, 0.717) is 29.8 Å². The highest BCUT2D eigenvalue weighted by molar-refractivity contribution is 5.90. The summed E-state index contributed by atoms with van der Waals surface area (Å²) in [6.45, 7) is 4.12. The minimum atomic E-state index is 0. The molecule has 8 heteroatoms. The lowest BCUT2D eigenvalue weighted by Gasteiger charge is -2.22. The second kappa shape index (κ2) is 10.1. The number of anilines is 1. The van der Waals surface area contributed by atoms with Crippen LogP contribution in [-0.2, 0) is 11.4 Å². The second-order valence-electron chi connectivity index (χ2n) is 6.32. The molecule has 26 heavy (non-hydrogen) atoms. The van der Waals surface area contributed by atoms with E-state index >= 15 is 0 Å². The molecule has 0 radical (unpaired) electrons. The summed E-state index contributed by atoms with van der Waals surface area (Å²) in [6, 6.07) is 7.29. The SMILES string of the molecule is Cc1nc(COc2ccc(NC(=O)CCC3CCNCC3)cc2)no1.Cl. The molecule has 0 atom stereocenters. The van der Waals surface area contributed by atoms with E-state index in [1.807, 2.05) is 24.3 Å². The van der Waals surface area contributed by atoms with Gasteiger partial charge >= 0.3 is 0 Å². The largest absolute Gasteiger partial charge is 0.485 e. The Morgan fingerprint density at radius 2 is 2.04 bits per heavy atom.